The van der Waals surface area contributed by atoms with Crippen LogP contribution in [0.4, 0.5) is 0 Å². The van der Waals surface area contributed by atoms with Crippen LogP contribution in [-0.4, -0.2) is 51.6 Å². The standard InChI is InChI=1S/C32H39N3O4/c1-22-11-10-14-24(19-22)21-35(27(29(37)33-32(2,3)4)20-23-12-6-5-7-13-23)28(36)17-18-34-30(38)25-15-8-9-16-26(25)31(34)39/h5-14,19,25-27H,15-18,20-21H2,1-4H3,(H,33,37)/t25-,26+,27-/m0/s1. The van der Waals surface area contributed by atoms with Gasteiger partial charge in [0.05, 0.1) is 11.8 Å². The molecular formula is C32H39N3O4. The van der Waals surface area contributed by atoms with Gasteiger partial charge in [0.2, 0.25) is 23.6 Å². The fourth-order valence-electron chi connectivity index (χ4n) is 5.45. The van der Waals surface area contributed by atoms with E-state index in [-0.39, 0.29) is 55.0 Å². The Kier molecular flexibility index (Phi) is 8.68. The minimum atomic E-state index is -0.767. The summed E-state index contributed by atoms with van der Waals surface area (Å²) in [5.74, 6) is -1.56. The Morgan fingerprint density at radius 2 is 1.56 bits per heavy atom. The van der Waals surface area contributed by atoms with Crippen molar-refractivity contribution in [3.05, 3.63) is 83.4 Å². The summed E-state index contributed by atoms with van der Waals surface area (Å²) in [4.78, 5) is 56.4. The molecule has 1 heterocycles. The van der Waals surface area contributed by atoms with Crippen molar-refractivity contribution >= 4 is 23.6 Å². The number of hydrogen-bond acceptors (Lipinski definition) is 4. The van der Waals surface area contributed by atoms with E-state index in [0.29, 0.717) is 19.3 Å². The summed E-state index contributed by atoms with van der Waals surface area (Å²) in [5, 5.41) is 3.06. The molecule has 4 rings (SSSR count). The molecule has 7 heteroatoms. The average Bonchev–Trinajstić information content (AvgIpc) is 3.13. The number of fused-ring (bicyclic) bond motifs is 1. The molecule has 4 amide bonds. The first-order valence-electron chi connectivity index (χ1n) is 13.7. The lowest BCUT2D eigenvalue weighted by atomic mass is 9.85. The third kappa shape index (κ3) is 7.02. The third-order valence-electron chi connectivity index (χ3n) is 7.35. The summed E-state index contributed by atoms with van der Waals surface area (Å²) in [5.41, 5.74) is 2.43. The van der Waals surface area contributed by atoms with Crippen LogP contribution in [0, 0.1) is 18.8 Å². The van der Waals surface area contributed by atoms with E-state index in [1.807, 2.05) is 94.4 Å². The molecule has 2 aromatic rings. The Bertz CT molecular complexity index is 1220. The number of rotatable bonds is 9. The highest BCUT2D eigenvalue weighted by molar-refractivity contribution is 6.05. The SMILES string of the molecule is Cc1cccc(CN(C(=O)CCN2C(=O)[C@H]3CC=CC[C@H]3C2=O)[C@@H](Cc2ccccc2)C(=O)NC(C)(C)C)c1. The first-order valence-corrected chi connectivity index (χ1v) is 13.7. The smallest absolute Gasteiger partial charge is 0.243 e. The Morgan fingerprint density at radius 3 is 2.15 bits per heavy atom. The number of aryl methyl sites for hydroxylation is 1. The van der Waals surface area contributed by atoms with Gasteiger partial charge in [-0.25, -0.2) is 0 Å². The molecule has 0 unspecified atom stereocenters. The normalized spacial score (nSPS) is 19.5. The van der Waals surface area contributed by atoms with Crippen molar-refractivity contribution in [2.45, 2.75) is 71.5 Å². The number of imide groups is 1. The maximum Gasteiger partial charge on any atom is 0.243 e. The summed E-state index contributed by atoms with van der Waals surface area (Å²) < 4.78 is 0. The molecule has 0 saturated carbocycles. The topological polar surface area (TPSA) is 86.8 Å². The summed E-state index contributed by atoms with van der Waals surface area (Å²) in [6, 6.07) is 16.8. The van der Waals surface area contributed by atoms with Gasteiger partial charge in [0.1, 0.15) is 6.04 Å². The number of amides is 4. The van der Waals surface area contributed by atoms with Crippen LogP contribution < -0.4 is 5.32 Å². The highest BCUT2D eigenvalue weighted by Crippen LogP contribution is 2.35. The summed E-state index contributed by atoms with van der Waals surface area (Å²) in [6.45, 7) is 7.99. The molecule has 7 nitrogen and oxygen atoms in total. The number of benzene rings is 2. The molecule has 206 valence electrons. The third-order valence-corrected chi connectivity index (χ3v) is 7.35. The van der Waals surface area contributed by atoms with Gasteiger partial charge in [-0.1, -0.05) is 72.3 Å². The molecule has 1 aliphatic heterocycles. The number of allylic oxidation sites excluding steroid dienone is 2. The lowest BCUT2D eigenvalue weighted by molar-refractivity contribution is -0.144. The average molecular weight is 530 g/mol. The van der Waals surface area contributed by atoms with Crippen molar-refractivity contribution in [1.82, 2.24) is 15.1 Å². The van der Waals surface area contributed by atoms with E-state index < -0.39 is 11.6 Å². The van der Waals surface area contributed by atoms with Crippen LogP contribution in [-0.2, 0) is 32.1 Å². The van der Waals surface area contributed by atoms with Crippen LogP contribution in [0.3, 0.4) is 0 Å². The first-order chi connectivity index (χ1) is 18.5. The van der Waals surface area contributed by atoms with Crippen LogP contribution in [0.15, 0.2) is 66.7 Å². The fraction of sp³-hybridized carbons (Fsp3) is 0.438. The van der Waals surface area contributed by atoms with Crippen molar-refractivity contribution in [1.29, 1.82) is 0 Å². The van der Waals surface area contributed by atoms with Crippen LogP contribution in [0.1, 0.15) is 56.7 Å². The van der Waals surface area contributed by atoms with Crippen LogP contribution in [0.5, 0.6) is 0 Å². The predicted molar refractivity (Wildman–Crippen MR) is 150 cm³/mol. The Labute approximate surface area is 231 Å². The van der Waals surface area contributed by atoms with Crippen LogP contribution >= 0.6 is 0 Å². The molecule has 39 heavy (non-hydrogen) atoms. The van der Waals surface area contributed by atoms with Gasteiger partial charge >= 0.3 is 0 Å². The number of likely N-dealkylation sites (tertiary alicyclic amines) is 1. The molecule has 1 aliphatic carbocycles. The molecule has 1 fully saturated rings. The van der Waals surface area contributed by atoms with Gasteiger partial charge in [0, 0.05) is 31.5 Å². The number of nitrogens with zero attached hydrogens (tertiary/aromatic N) is 2. The van der Waals surface area contributed by atoms with Gasteiger partial charge in [-0.15, -0.1) is 0 Å². The van der Waals surface area contributed by atoms with Gasteiger partial charge in [-0.05, 0) is 51.7 Å². The quantitative estimate of drug-likeness (QED) is 0.390. The van der Waals surface area contributed by atoms with Crippen LogP contribution in [0.2, 0.25) is 0 Å². The molecule has 0 spiro atoms. The van der Waals surface area contributed by atoms with E-state index in [0.717, 1.165) is 16.7 Å². The molecule has 3 atom stereocenters. The highest BCUT2D eigenvalue weighted by atomic mass is 16.2. The summed E-state index contributed by atoms with van der Waals surface area (Å²) in [6.07, 6.45) is 5.33. The Balaban J connectivity index is 1.60. The summed E-state index contributed by atoms with van der Waals surface area (Å²) in [7, 11) is 0. The number of hydrogen-bond donors (Lipinski definition) is 1. The first kappa shape index (κ1) is 28.3. The van der Waals surface area contributed by atoms with E-state index in [9.17, 15) is 19.2 Å². The van der Waals surface area contributed by atoms with Gasteiger partial charge in [-0.3, -0.25) is 24.1 Å². The lowest BCUT2D eigenvalue weighted by Crippen LogP contribution is -2.54. The molecular weight excluding hydrogens is 490 g/mol. The molecule has 0 aromatic heterocycles. The van der Waals surface area contributed by atoms with E-state index >= 15 is 0 Å². The maximum atomic E-state index is 13.9. The number of carbonyl (C=O) groups is 4. The van der Waals surface area contributed by atoms with E-state index in [1.165, 1.54) is 4.90 Å². The van der Waals surface area contributed by atoms with Crippen molar-refractivity contribution in [2.75, 3.05) is 6.54 Å². The van der Waals surface area contributed by atoms with Crippen molar-refractivity contribution in [3.8, 4) is 0 Å². The zero-order valence-corrected chi connectivity index (χ0v) is 23.4. The molecule has 2 aliphatic rings. The van der Waals surface area contributed by atoms with Crippen molar-refractivity contribution < 1.29 is 19.2 Å². The zero-order chi connectivity index (χ0) is 28.2. The minimum absolute atomic E-state index is 0.0206. The molecule has 2 aromatic carbocycles. The second-order valence-electron chi connectivity index (χ2n) is 11.7. The molecule has 0 bridgehead atoms. The minimum Gasteiger partial charge on any atom is -0.350 e. The van der Waals surface area contributed by atoms with Crippen molar-refractivity contribution in [2.24, 2.45) is 11.8 Å². The Morgan fingerprint density at radius 1 is 0.949 bits per heavy atom. The predicted octanol–water partition coefficient (Wildman–Crippen LogP) is 4.19. The number of carbonyl (C=O) groups excluding carboxylic acids is 4. The van der Waals surface area contributed by atoms with Gasteiger partial charge in [0.25, 0.3) is 0 Å². The molecule has 0 radical (unpaired) electrons. The van der Waals surface area contributed by atoms with Gasteiger partial charge in [-0.2, -0.15) is 0 Å². The lowest BCUT2D eigenvalue weighted by Gasteiger charge is -2.34. The highest BCUT2D eigenvalue weighted by Gasteiger charge is 2.47. The zero-order valence-electron chi connectivity index (χ0n) is 23.4. The maximum absolute atomic E-state index is 13.9. The number of nitrogens with one attached hydrogen (secondary N) is 1. The van der Waals surface area contributed by atoms with Crippen molar-refractivity contribution in [3.63, 3.8) is 0 Å². The second-order valence-corrected chi connectivity index (χ2v) is 11.7. The van der Waals surface area contributed by atoms with E-state index in [2.05, 4.69) is 5.32 Å². The largest absolute Gasteiger partial charge is 0.350 e. The molecule has 1 saturated heterocycles. The fourth-order valence-corrected chi connectivity index (χ4v) is 5.45. The second kappa shape index (κ2) is 12.0. The van der Waals surface area contributed by atoms with E-state index in [4.69, 9.17) is 0 Å². The van der Waals surface area contributed by atoms with Gasteiger partial charge in [0.15, 0.2) is 0 Å². The molecule has 1 N–H and O–H groups in total. The summed E-state index contributed by atoms with van der Waals surface area (Å²) >= 11 is 0. The van der Waals surface area contributed by atoms with Crippen LogP contribution in [0.25, 0.3) is 0 Å². The Hall–Kier alpha value is -3.74. The van der Waals surface area contributed by atoms with Gasteiger partial charge < -0.3 is 10.2 Å². The van der Waals surface area contributed by atoms with E-state index in [1.54, 1.807) is 4.90 Å². The monoisotopic (exact) mass is 529 g/mol.